The number of carbonyl (C=O) groups excluding carboxylic acids is 1. The second kappa shape index (κ2) is 7.78. The van der Waals surface area contributed by atoms with Gasteiger partial charge in [-0.15, -0.1) is 10.2 Å². The number of carbonyl (C=O) groups is 1. The van der Waals surface area contributed by atoms with Crippen molar-refractivity contribution in [2.24, 2.45) is 12.0 Å². The van der Waals surface area contributed by atoms with Gasteiger partial charge < -0.3 is 20.1 Å². The predicted molar refractivity (Wildman–Crippen MR) is 96.1 cm³/mol. The van der Waals surface area contributed by atoms with E-state index in [-0.39, 0.29) is 5.91 Å². The first-order valence-electron chi connectivity index (χ1n) is 8.34. The summed E-state index contributed by atoms with van der Waals surface area (Å²) in [6, 6.07) is 8.06. The summed E-state index contributed by atoms with van der Waals surface area (Å²) in [4.78, 5) is 17.8. The number of aliphatic imine (C=N–C) groups is 1. The summed E-state index contributed by atoms with van der Waals surface area (Å²) < 4.78 is 1.86. The van der Waals surface area contributed by atoms with Crippen LogP contribution >= 0.6 is 0 Å². The highest BCUT2D eigenvalue weighted by Gasteiger charge is 2.21. The summed E-state index contributed by atoms with van der Waals surface area (Å²) in [6.07, 6.45) is 3.26. The molecule has 1 saturated heterocycles. The molecule has 0 bridgehead atoms. The molecule has 3 rings (SSSR count). The Morgan fingerprint density at radius 1 is 1.24 bits per heavy atom. The van der Waals surface area contributed by atoms with Gasteiger partial charge in [0.2, 0.25) is 5.91 Å². The molecule has 0 radical (unpaired) electrons. The zero-order valence-corrected chi connectivity index (χ0v) is 14.6. The van der Waals surface area contributed by atoms with Gasteiger partial charge in [-0.3, -0.25) is 9.79 Å². The molecule has 1 aliphatic rings. The number of hydrogen-bond donors (Lipinski definition) is 2. The lowest BCUT2D eigenvalue weighted by atomic mass is 10.2. The van der Waals surface area contributed by atoms with Crippen LogP contribution in [-0.4, -0.2) is 40.2 Å². The van der Waals surface area contributed by atoms with Crippen molar-refractivity contribution in [3.8, 4) is 0 Å². The van der Waals surface area contributed by atoms with Crippen molar-refractivity contribution >= 4 is 17.6 Å². The predicted octanol–water partition coefficient (Wildman–Crippen LogP) is 0.807. The summed E-state index contributed by atoms with van der Waals surface area (Å²) in [6.45, 7) is 2.01. The number of nitrogens with one attached hydrogen (secondary N) is 2. The number of aromatic nitrogens is 3. The van der Waals surface area contributed by atoms with Gasteiger partial charge in [0.1, 0.15) is 6.33 Å². The van der Waals surface area contributed by atoms with Gasteiger partial charge in [0.05, 0.1) is 6.54 Å². The topological polar surface area (TPSA) is 87.4 Å². The van der Waals surface area contributed by atoms with E-state index in [0.717, 1.165) is 30.0 Å². The lowest BCUT2D eigenvalue weighted by molar-refractivity contribution is -0.117. The normalized spacial score (nSPS) is 14.9. The third-order valence-corrected chi connectivity index (χ3v) is 4.22. The smallest absolute Gasteiger partial charge is 0.227 e. The van der Waals surface area contributed by atoms with Crippen LogP contribution in [0.15, 0.2) is 35.6 Å². The second-order valence-corrected chi connectivity index (χ2v) is 5.95. The zero-order valence-electron chi connectivity index (χ0n) is 14.6. The van der Waals surface area contributed by atoms with Gasteiger partial charge in [-0.2, -0.15) is 0 Å². The Morgan fingerprint density at radius 3 is 2.60 bits per heavy atom. The van der Waals surface area contributed by atoms with Crippen LogP contribution in [0.4, 0.5) is 5.69 Å². The van der Waals surface area contributed by atoms with Crippen LogP contribution in [0.25, 0.3) is 0 Å². The fourth-order valence-corrected chi connectivity index (χ4v) is 2.75. The van der Waals surface area contributed by atoms with Crippen LogP contribution in [0, 0.1) is 0 Å². The van der Waals surface area contributed by atoms with Gasteiger partial charge >= 0.3 is 0 Å². The molecule has 2 aromatic rings. The molecule has 1 aromatic carbocycles. The number of guanidine groups is 1. The first kappa shape index (κ1) is 16.9. The van der Waals surface area contributed by atoms with Crippen molar-refractivity contribution in [1.82, 2.24) is 25.4 Å². The molecule has 1 aliphatic heterocycles. The van der Waals surface area contributed by atoms with Crippen molar-refractivity contribution in [1.29, 1.82) is 0 Å². The molecule has 1 fully saturated rings. The van der Waals surface area contributed by atoms with E-state index in [9.17, 15) is 4.79 Å². The summed E-state index contributed by atoms with van der Waals surface area (Å²) >= 11 is 0. The van der Waals surface area contributed by atoms with Gasteiger partial charge in [0.15, 0.2) is 11.8 Å². The molecule has 0 saturated carbocycles. The maximum atomic E-state index is 11.8. The number of hydrogen-bond acceptors (Lipinski definition) is 4. The maximum Gasteiger partial charge on any atom is 0.227 e. The van der Waals surface area contributed by atoms with Crippen LogP contribution in [-0.2, 0) is 24.9 Å². The Hall–Kier alpha value is -2.90. The first-order chi connectivity index (χ1) is 12.2. The van der Waals surface area contributed by atoms with Crippen molar-refractivity contribution in [2.75, 3.05) is 18.5 Å². The van der Waals surface area contributed by atoms with Crippen LogP contribution < -0.4 is 15.5 Å². The average Bonchev–Trinajstić information content (AvgIpc) is 3.24. The van der Waals surface area contributed by atoms with Crippen LogP contribution in [0.1, 0.15) is 24.2 Å². The third-order valence-electron chi connectivity index (χ3n) is 4.22. The number of anilines is 1. The molecule has 0 aliphatic carbocycles. The van der Waals surface area contributed by atoms with Gasteiger partial charge in [-0.05, 0) is 24.1 Å². The molecule has 1 aromatic heterocycles. The lowest BCUT2D eigenvalue weighted by Crippen LogP contribution is -2.36. The van der Waals surface area contributed by atoms with Gasteiger partial charge in [-0.25, -0.2) is 0 Å². The standard InChI is InChI=1S/C17H23N7O/c1-18-17(20-11-15-22-21-12-23(15)2)19-10-13-5-7-14(8-6-13)24-9-3-4-16(24)25/h5-8,12H,3-4,9-11H2,1-2H3,(H2,18,19,20). The summed E-state index contributed by atoms with van der Waals surface area (Å²) in [5.74, 6) is 1.74. The van der Waals surface area contributed by atoms with E-state index >= 15 is 0 Å². The van der Waals surface area contributed by atoms with Crippen LogP contribution in [0.5, 0.6) is 0 Å². The molecule has 8 nitrogen and oxygen atoms in total. The fourth-order valence-electron chi connectivity index (χ4n) is 2.75. The third kappa shape index (κ3) is 4.14. The summed E-state index contributed by atoms with van der Waals surface area (Å²) in [5.41, 5.74) is 2.09. The van der Waals surface area contributed by atoms with E-state index in [0.29, 0.717) is 25.5 Å². The Morgan fingerprint density at radius 2 is 2.00 bits per heavy atom. The SMILES string of the molecule is CN=C(NCc1ccc(N2CCCC2=O)cc1)NCc1nncn1C. The zero-order chi connectivity index (χ0) is 17.6. The number of rotatable bonds is 5. The highest BCUT2D eigenvalue weighted by Crippen LogP contribution is 2.21. The number of benzene rings is 1. The monoisotopic (exact) mass is 341 g/mol. The minimum Gasteiger partial charge on any atom is -0.352 e. The largest absolute Gasteiger partial charge is 0.352 e. The molecule has 132 valence electrons. The molecular weight excluding hydrogens is 318 g/mol. The minimum absolute atomic E-state index is 0.208. The van der Waals surface area contributed by atoms with Crippen molar-refractivity contribution in [3.05, 3.63) is 42.0 Å². The Balaban J connectivity index is 1.51. The molecule has 2 heterocycles. The van der Waals surface area contributed by atoms with E-state index < -0.39 is 0 Å². The van der Waals surface area contributed by atoms with E-state index in [1.54, 1.807) is 13.4 Å². The Bertz CT molecular complexity index is 751. The quantitative estimate of drug-likeness (QED) is 0.621. The molecular formula is C17H23N7O. The first-order valence-corrected chi connectivity index (χ1v) is 8.34. The van der Waals surface area contributed by atoms with E-state index in [4.69, 9.17) is 0 Å². The summed E-state index contributed by atoms with van der Waals surface area (Å²) in [5, 5.41) is 14.4. The van der Waals surface area contributed by atoms with E-state index in [1.165, 1.54) is 0 Å². The number of nitrogens with zero attached hydrogens (tertiary/aromatic N) is 5. The highest BCUT2D eigenvalue weighted by molar-refractivity contribution is 5.95. The fraction of sp³-hybridized carbons (Fsp3) is 0.412. The summed E-state index contributed by atoms with van der Waals surface area (Å²) in [7, 11) is 3.63. The van der Waals surface area contributed by atoms with Crippen molar-refractivity contribution in [3.63, 3.8) is 0 Å². The maximum absolute atomic E-state index is 11.8. The molecule has 0 unspecified atom stereocenters. The Labute approximate surface area is 147 Å². The highest BCUT2D eigenvalue weighted by atomic mass is 16.2. The lowest BCUT2D eigenvalue weighted by Gasteiger charge is -2.16. The molecule has 2 N–H and O–H groups in total. The van der Waals surface area contributed by atoms with Crippen molar-refractivity contribution in [2.45, 2.75) is 25.9 Å². The van der Waals surface area contributed by atoms with Gasteiger partial charge in [0, 0.05) is 39.3 Å². The van der Waals surface area contributed by atoms with Crippen molar-refractivity contribution < 1.29 is 4.79 Å². The van der Waals surface area contributed by atoms with E-state index in [1.807, 2.05) is 40.8 Å². The van der Waals surface area contributed by atoms with Crippen LogP contribution in [0.3, 0.4) is 0 Å². The average molecular weight is 341 g/mol. The molecule has 0 atom stereocenters. The molecule has 8 heteroatoms. The van der Waals surface area contributed by atoms with Crippen LogP contribution in [0.2, 0.25) is 0 Å². The molecule has 0 spiro atoms. The second-order valence-electron chi connectivity index (χ2n) is 5.95. The van der Waals surface area contributed by atoms with Gasteiger partial charge in [-0.1, -0.05) is 12.1 Å². The molecule has 1 amide bonds. The number of aryl methyl sites for hydroxylation is 1. The minimum atomic E-state index is 0.208. The van der Waals surface area contributed by atoms with Gasteiger partial charge in [0.25, 0.3) is 0 Å². The number of amides is 1. The van der Waals surface area contributed by atoms with E-state index in [2.05, 4.69) is 25.8 Å². The Kier molecular flexibility index (Phi) is 5.27. The molecule has 25 heavy (non-hydrogen) atoms.